The Hall–Kier alpha value is -3.26. The van der Waals surface area contributed by atoms with Gasteiger partial charge in [-0.05, 0) is 30.5 Å². The van der Waals surface area contributed by atoms with Crippen molar-refractivity contribution in [3.05, 3.63) is 132 Å². The summed E-state index contributed by atoms with van der Waals surface area (Å²) in [4.78, 5) is 2.21. The lowest BCUT2D eigenvalue weighted by Crippen LogP contribution is -2.42. The molecule has 136 valence electrons. The van der Waals surface area contributed by atoms with Gasteiger partial charge in [-0.2, -0.15) is 0 Å². The molecule has 0 saturated carbocycles. The quantitative estimate of drug-likeness (QED) is 0.581. The van der Waals surface area contributed by atoms with Crippen molar-refractivity contribution in [2.24, 2.45) is 5.73 Å². The van der Waals surface area contributed by atoms with Crippen molar-refractivity contribution in [3.63, 3.8) is 0 Å². The van der Waals surface area contributed by atoms with Crippen LogP contribution in [0.2, 0.25) is 0 Å². The number of nitrogens with two attached hydrogens (primary N) is 1. The fourth-order valence-corrected chi connectivity index (χ4v) is 3.62. The Morgan fingerprint density at radius 2 is 1.11 bits per heavy atom. The Balaban J connectivity index is 2.44. The van der Waals surface area contributed by atoms with Crippen LogP contribution >= 0.6 is 0 Å². The van der Waals surface area contributed by atoms with Gasteiger partial charge >= 0.3 is 0 Å². The van der Waals surface area contributed by atoms with E-state index in [-0.39, 0.29) is 0 Å². The predicted molar refractivity (Wildman–Crippen MR) is 114 cm³/mol. The molecule has 0 unspecified atom stereocenters. The van der Waals surface area contributed by atoms with Gasteiger partial charge in [-0.15, -0.1) is 0 Å². The van der Waals surface area contributed by atoms with Crippen molar-refractivity contribution in [1.29, 1.82) is 0 Å². The van der Waals surface area contributed by atoms with E-state index in [2.05, 4.69) is 83.9 Å². The van der Waals surface area contributed by atoms with Crippen molar-refractivity contribution in [2.75, 3.05) is 0 Å². The summed E-state index contributed by atoms with van der Waals surface area (Å²) in [5.41, 5.74) is 9.90. The van der Waals surface area contributed by atoms with Crippen LogP contribution in [0.15, 0.2) is 115 Å². The molecule has 0 radical (unpaired) electrons. The van der Waals surface area contributed by atoms with Crippen LogP contribution in [-0.4, -0.2) is 4.90 Å². The maximum absolute atomic E-state index is 6.14. The molecule has 0 spiro atoms. The van der Waals surface area contributed by atoms with Crippen LogP contribution < -0.4 is 5.73 Å². The van der Waals surface area contributed by atoms with Crippen molar-refractivity contribution < 1.29 is 0 Å². The maximum atomic E-state index is 6.14. The van der Waals surface area contributed by atoms with Crippen molar-refractivity contribution in [2.45, 2.75) is 19.4 Å². The summed E-state index contributed by atoms with van der Waals surface area (Å²) in [6, 6.07) is 31.7. The molecule has 2 N–H and O–H groups in total. The highest BCUT2D eigenvalue weighted by Crippen LogP contribution is 2.43. The van der Waals surface area contributed by atoms with Crippen molar-refractivity contribution >= 4 is 0 Å². The van der Waals surface area contributed by atoms with E-state index in [1.165, 1.54) is 16.7 Å². The molecule has 0 atom stereocenters. The fraction of sp³-hybridized carbons (Fsp3) is 0.120. The number of rotatable bonds is 6. The summed E-state index contributed by atoms with van der Waals surface area (Å²) in [5.74, 6) is 0. The Kier molecular flexibility index (Phi) is 5.77. The van der Waals surface area contributed by atoms with Crippen molar-refractivity contribution in [1.82, 2.24) is 4.90 Å². The summed E-state index contributed by atoms with van der Waals surface area (Å²) in [5, 5.41) is 0. The molecule has 0 bridgehead atoms. The fourth-order valence-electron chi connectivity index (χ4n) is 3.62. The van der Waals surface area contributed by atoms with Gasteiger partial charge in [-0.3, -0.25) is 0 Å². The molecule has 0 saturated heterocycles. The van der Waals surface area contributed by atoms with Gasteiger partial charge in [0.2, 0.25) is 0 Å². The second-order valence-electron chi connectivity index (χ2n) is 6.57. The van der Waals surface area contributed by atoms with E-state index in [1.54, 1.807) is 0 Å². The zero-order valence-electron chi connectivity index (χ0n) is 15.9. The monoisotopic (exact) mass is 354 g/mol. The van der Waals surface area contributed by atoms with E-state index in [1.807, 2.05) is 44.3 Å². The van der Waals surface area contributed by atoms with Crippen LogP contribution in [0.1, 0.15) is 30.5 Å². The third kappa shape index (κ3) is 3.65. The lowest BCUT2D eigenvalue weighted by molar-refractivity contribution is 0.312. The second-order valence-corrected chi connectivity index (χ2v) is 6.57. The van der Waals surface area contributed by atoms with Gasteiger partial charge in [-0.25, -0.2) is 0 Å². The number of hydrogen-bond acceptors (Lipinski definition) is 2. The lowest BCUT2D eigenvalue weighted by atomic mass is 9.75. The molecule has 0 fully saturated rings. The van der Waals surface area contributed by atoms with Crippen LogP contribution in [0.5, 0.6) is 0 Å². The van der Waals surface area contributed by atoms with Gasteiger partial charge in [0.15, 0.2) is 0 Å². The molecule has 3 aromatic carbocycles. The van der Waals surface area contributed by atoms with Gasteiger partial charge < -0.3 is 10.6 Å². The van der Waals surface area contributed by atoms with Gasteiger partial charge in [0, 0.05) is 18.1 Å². The average molecular weight is 354 g/mol. The number of nitrogens with zero attached hydrogens (tertiary/aromatic N) is 1. The molecule has 3 rings (SSSR count). The molecule has 0 aliphatic heterocycles. The second kappa shape index (κ2) is 8.41. The highest BCUT2D eigenvalue weighted by molar-refractivity contribution is 5.50. The summed E-state index contributed by atoms with van der Waals surface area (Å²) >= 11 is 0. The topological polar surface area (TPSA) is 29.3 Å². The van der Waals surface area contributed by atoms with Crippen LogP contribution in [-0.2, 0) is 5.54 Å². The smallest absolute Gasteiger partial charge is 0.120 e. The first-order chi connectivity index (χ1) is 13.2. The van der Waals surface area contributed by atoms with Crippen LogP contribution in [0.4, 0.5) is 0 Å². The molecular weight excluding hydrogens is 328 g/mol. The Morgan fingerprint density at radius 3 is 1.41 bits per heavy atom. The summed E-state index contributed by atoms with van der Waals surface area (Å²) in [6.45, 7) is 3.95. The normalized spacial score (nSPS) is 12.3. The van der Waals surface area contributed by atoms with Gasteiger partial charge in [0.25, 0.3) is 0 Å². The highest BCUT2D eigenvalue weighted by Gasteiger charge is 2.40. The molecule has 0 amide bonds. The first-order valence-electron chi connectivity index (χ1n) is 9.21. The first-order valence-corrected chi connectivity index (χ1v) is 9.21. The molecule has 0 aromatic heterocycles. The third-order valence-corrected chi connectivity index (χ3v) is 4.61. The maximum Gasteiger partial charge on any atom is 0.120 e. The van der Waals surface area contributed by atoms with E-state index in [4.69, 9.17) is 5.73 Å². The summed E-state index contributed by atoms with van der Waals surface area (Å²) < 4.78 is 0. The van der Waals surface area contributed by atoms with E-state index < -0.39 is 5.54 Å². The number of benzene rings is 3. The number of allylic oxidation sites excluding steroid dienone is 2. The van der Waals surface area contributed by atoms with E-state index in [9.17, 15) is 0 Å². The average Bonchev–Trinajstić information content (AvgIpc) is 2.71. The third-order valence-electron chi connectivity index (χ3n) is 4.61. The Morgan fingerprint density at radius 1 is 0.741 bits per heavy atom. The SMILES string of the molecule is C/C=C\N(/C=C(/C)N)C(c1ccccc1)(c1ccccc1)c1ccccc1. The molecule has 0 aliphatic carbocycles. The molecule has 0 aliphatic rings. The Bertz CT molecular complexity index is 796. The van der Waals surface area contributed by atoms with Crippen LogP contribution in [0.3, 0.4) is 0 Å². The zero-order valence-corrected chi connectivity index (χ0v) is 15.9. The minimum Gasteiger partial charge on any atom is -0.401 e. The first kappa shape index (κ1) is 18.5. The summed E-state index contributed by atoms with van der Waals surface area (Å²) in [6.07, 6.45) is 6.14. The zero-order chi connectivity index (χ0) is 19.1. The van der Waals surface area contributed by atoms with Crippen LogP contribution in [0.25, 0.3) is 0 Å². The molecule has 27 heavy (non-hydrogen) atoms. The van der Waals surface area contributed by atoms with Gasteiger partial charge in [0.1, 0.15) is 5.54 Å². The lowest BCUT2D eigenvalue weighted by Gasteiger charge is -2.43. The summed E-state index contributed by atoms with van der Waals surface area (Å²) in [7, 11) is 0. The van der Waals surface area contributed by atoms with Crippen molar-refractivity contribution in [3.8, 4) is 0 Å². The standard InChI is InChI=1S/C25H26N2/c1-3-19-27(20-21(2)26)25(22-13-7-4-8-14-22,23-15-9-5-10-16-23)24-17-11-6-12-18-24/h3-20H,26H2,1-2H3/b19-3-,21-20-. The minimum absolute atomic E-state index is 0.531. The van der Waals surface area contributed by atoms with Gasteiger partial charge in [0.05, 0.1) is 0 Å². The molecule has 3 aromatic rings. The molecule has 0 heterocycles. The highest BCUT2D eigenvalue weighted by atomic mass is 15.2. The molecule has 2 heteroatoms. The molecule has 2 nitrogen and oxygen atoms in total. The number of hydrogen-bond donors (Lipinski definition) is 1. The predicted octanol–water partition coefficient (Wildman–Crippen LogP) is 5.63. The van der Waals surface area contributed by atoms with E-state index in [0.29, 0.717) is 0 Å². The largest absolute Gasteiger partial charge is 0.401 e. The van der Waals surface area contributed by atoms with Crippen LogP contribution in [0, 0.1) is 0 Å². The Labute approximate surface area is 162 Å². The molecular formula is C25H26N2. The van der Waals surface area contributed by atoms with E-state index >= 15 is 0 Å². The minimum atomic E-state index is -0.531. The van der Waals surface area contributed by atoms with E-state index in [0.717, 1.165) is 5.70 Å². The van der Waals surface area contributed by atoms with Gasteiger partial charge in [-0.1, -0.05) is 97.1 Å².